The van der Waals surface area contributed by atoms with Gasteiger partial charge in [-0.1, -0.05) is 24.3 Å². The van der Waals surface area contributed by atoms with Crippen LogP contribution in [0.1, 0.15) is 17.5 Å². The molecular formula is C19H19N5O. The maximum atomic E-state index is 6.30. The molecule has 1 fully saturated rings. The van der Waals surface area contributed by atoms with E-state index >= 15 is 0 Å². The summed E-state index contributed by atoms with van der Waals surface area (Å²) < 4.78 is 8.03. The van der Waals surface area contributed by atoms with Gasteiger partial charge in [-0.15, -0.1) is 0 Å². The fraction of sp³-hybridized carbons (Fsp3) is 0.316. The SMILES string of the molecule is c1ccc2c(c1)CCC21CN(c2cncc(-n3cccn3)n2)CCO1. The molecular weight excluding hydrogens is 314 g/mol. The Morgan fingerprint density at radius 2 is 2.00 bits per heavy atom. The lowest BCUT2D eigenvalue weighted by Crippen LogP contribution is -2.49. The number of anilines is 1. The molecule has 3 heterocycles. The molecule has 126 valence electrons. The molecule has 0 bridgehead atoms. The number of morpholine rings is 1. The van der Waals surface area contributed by atoms with Crippen LogP contribution in [-0.4, -0.2) is 39.4 Å². The molecule has 0 amide bonds. The summed E-state index contributed by atoms with van der Waals surface area (Å²) in [6, 6.07) is 10.5. The maximum absolute atomic E-state index is 6.30. The number of nitrogens with zero attached hydrogens (tertiary/aromatic N) is 5. The summed E-state index contributed by atoms with van der Waals surface area (Å²) >= 11 is 0. The van der Waals surface area contributed by atoms with E-state index in [1.54, 1.807) is 17.1 Å². The van der Waals surface area contributed by atoms with Gasteiger partial charge in [0.1, 0.15) is 11.4 Å². The van der Waals surface area contributed by atoms with E-state index in [9.17, 15) is 0 Å². The van der Waals surface area contributed by atoms with E-state index in [1.165, 1.54) is 11.1 Å². The number of ether oxygens (including phenoxy) is 1. The second-order valence-electron chi connectivity index (χ2n) is 6.61. The van der Waals surface area contributed by atoms with Crippen molar-refractivity contribution in [1.82, 2.24) is 19.7 Å². The normalized spacial score (nSPS) is 22.3. The van der Waals surface area contributed by atoms with Crippen LogP contribution < -0.4 is 4.90 Å². The Hall–Kier alpha value is -2.73. The van der Waals surface area contributed by atoms with Gasteiger partial charge in [-0.3, -0.25) is 4.98 Å². The van der Waals surface area contributed by atoms with Crippen molar-refractivity contribution >= 4 is 5.82 Å². The first-order valence-corrected chi connectivity index (χ1v) is 8.63. The van der Waals surface area contributed by atoms with Gasteiger partial charge in [0, 0.05) is 18.9 Å². The van der Waals surface area contributed by atoms with Crippen LogP contribution in [-0.2, 0) is 16.8 Å². The fourth-order valence-electron chi connectivity index (χ4n) is 3.96. The topological polar surface area (TPSA) is 56.1 Å². The van der Waals surface area contributed by atoms with Gasteiger partial charge < -0.3 is 9.64 Å². The lowest BCUT2D eigenvalue weighted by Gasteiger charge is -2.41. The Morgan fingerprint density at radius 3 is 2.92 bits per heavy atom. The maximum Gasteiger partial charge on any atom is 0.173 e. The van der Waals surface area contributed by atoms with Crippen molar-refractivity contribution in [3.8, 4) is 5.82 Å². The number of hydrogen-bond acceptors (Lipinski definition) is 5. The van der Waals surface area contributed by atoms with Gasteiger partial charge in [-0.25, -0.2) is 9.67 Å². The van der Waals surface area contributed by atoms with Crippen molar-refractivity contribution in [3.05, 3.63) is 66.2 Å². The summed E-state index contributed by atoms with van der Waals surface area (Å²) in [4.78, 5) is 11.4. The number of aryl methyl sites for hydroxylation is 1. The molecule has 2 aromatic heterocycles. The lowest BCUT2D eigenvalue weighted by atomic mass is 9.93. The van der Waals surface area contributed by atoms with Crippen LogP contribution in [0.3, 0.4) is 0 Å². The van der Waals surface area contributed by atoms with Gasteiger partial charge in [0.25, 0.3) is 0 Å². The Morgan fingerprint density at radius 1 is 1.08 bits per heavy atom. The van der Waals surface area contributed by atoms with Gasteiger partial charge >= 0.3 is 0 Å². The molecule has 1 saturated heterocycles. The van der Waals surface area contributed by atoms with Gasteiger partial charge in [0.15, 0.2) is 5.82 Å². The molecule has 0 N–H and O–H groups in total. The molecule has 6 heteroatoms. The zero-order valence-electron chi connectivity index (χ0n) is 13.9. The van der Waals surface area contributed by atoms with Crippen molar-refractivity contribution < 1.29 is 4.74 Å². The molecule has 1 aliphatic carbocycles. The van der Waals surface area contributed by atoms with Crippen molar-refractivity contribution in [2.75, 3.05) is 24.6 Å². The highest BCUT2D eigenvalue weighted by atomic mass is 16.5. The molecule has 2 aliphatic rings. The zero-order valence-corrected chi connectivity index (χ0v) is 13.9. The van der Waals surface area contributed by atoms with Gasteiger partial charge in [0.05, 0.1) is 25.5 Å². The minimum absolute atomic E-state index is 0.224. The van der Waals surface area contributed by atoms with Crippen molar-refractivity contribution in [3.63, 3.8) is 0 Å². The summed E-state index contributed by atoms with van der Waals surface area (Å²) in [5.74, 6) is 1.61. The molecule has 25 heavy (non-hydrogen) atoms. The van der Waals surface area contributed by atoms with Crippen LogP contribution >= 0.6 is 0 Å². The monoisotopic (exact) mass is 333 g/mol. The molecule has 0 radical (unpaired) electrons. The quantitative estimate of drug-likeness (QED) is 0.720. The number of fused-ring (bicyclic) bond motifs is 2. The average Bonchev–Trinajstić information content (AvgIpc) is 3.32. The molecule has 5 rings (SSSR count). The van der Waals surface area contributed by atoms with Crippen molar-refractivity contribution in [1.29, 1.82) is 0 Å². The zero-order chi connectivity index (χ0) is 16.7. The molecule has 1 aliphatic heterocycles. The van der Waals surface area contributed by atoms with Crippen LogP contribution in [0.25, 0.3) is 5.82 Å². The van der Waals surface area contributed by atoms with Crippen LogP contribution in [0.4, 0.5) is 5.82 Å². The van der Waals surface area contributed by atoms with E-state index in [4.69, 9.17) is 9.72 Å². The highest BCUT2D eigenvalue weighted by Crippen LogP contribution is 2.42. The predicted molar refractivity (Wildman–Crippen MR) is 93.8 cm³/mol. The molecule has 3 aromatic rings. The number of hydrogen-bond donors (Lipinski definition) is 0. The largest absolute Gasteiger partial charge is 0.367 e. The van der Waals surface area contributed by atoms with Crippen molar-refractivity contribution in [2.45, 2.75) is 18.4 Å². The minimum atomic E-state index is -0.224. The van der Waals surface area contributed by atoms with E-state index in [0.717, 1.165) is 37.6 Å². The highest BCUT2D eigenvalue weighted by molar-refractivity contribution is 5.45. The molecule has 1 spiro atoms. The summed E-state index contributed by atoms with van der Waals surface area (Å²) in [6.45, 7) is 2.32. The fourth-order valence-corrected chi connectivity index (χ4v) is 3.96. The molecule has 1 aromatic carbocycles. The smallest absolute Gasteiger partial charge is 0.173 e. The lowest BCUT2D eigenvalue weighted by molar-refractivity contribution is -0.0594. The third-order valence-corrected chi connectivity index (χ3v) is 5.16. The van der Waals surface area contributed by atoms with Crippen LogP contribution in [0.2, 0.25) is 0 Å². The minimum Gasteiger partial charge on any atom is -0.367 e. The van der Waals surface area contributed by atoms with Gasteiger partial charge in [-0.2, -0.15) is 5.10 Å². The third kappa shape index (κ3) is 2.41. The Kier molecular flexibility index (Phi) is 3.31. The van der Waals surface area contributed by atoms with Crippen LogP contribution in [0.5, 0.6) is 0 Å². The summed E-state index contributed by atoms with van der Waals surface area (Å²) in [5.41, 5.74) is 2.51. The van der Waals surface area contributed by atoms with Gasteiger partial charge in [-0.05, 0) is 30.0 Å². The van der Waals surface area contributed by atoms with E-state index in [-0.39, 0.29) is 5.60 Å². The van der Waals surface area contributed by atoms with Crippen LogP contribution in [0, 0.1) is 0 Å². The van der Waals surface area contributed by atoms with Gasteiger partial charge in [0.2, 0.25) is 0 Å². The first-order chi connectivity index (χ1) is 12.3. The third-order valence-electron chi connectivity index (χ3n) is 5.16. The van der Waals surface area contributed by atoms with E-state index in [1.807, 2.05) is 18.5 Å². The van der Waals surface area contributed by atoms with Crippen LogP contribution in [0.15, 0.2) is 55.1 Å². The Bertz CT molecular complexity index is 890. The summed E-state index contributed by atoms with van der Waals surface area (Å²) in [6.07, 6.45) is 9.28. The molecule has 1 atom stereocenters. The Balaban J connectivity index is 1.47. The first-order valence-electron chi connectivity index (χ1n) is 8.63. The second-order valence-corrected chi connectivity index (χ2v) is 6.61. The highest BCUT2D eigenvalue weighted by Gasteiger charge is 2.43. The number of benzene rings is 1. The van der Waals surface area contributed by atoms with E-state index < -0.39 is 0 Å². The second kappa shape index (κ2) is 5.67. The molecule has 1 unspecified atom stereocenters. The predicted octanol–water partition coefficient (Wildman–Crippen LogP) is 2.34. The standard InChI is InChI=1S/C19H19N5O/c1-2-5-16-15(4-1)6-7-19(16)14-23(10-11-25-19)17-12-20-13-18(22-17)24-9-3-8-21-24/h1-5,8-9,12-13H,6-7,10-11,14H2. The molecule has 0 saturated carbocycles. The molecule has 6 nitrogen and oxygen atoms in total. The van der Waals surface area contributed by atoms with E-state index in [0.29, 0.717) is 6.61 Å². The van der Waals surface area contributed by atoms with E-state index in [2.05, 4.69) is 39.2 Å². The number of rotatable bonds is 2. The average molecular weight is 333 g/mol. The first kappa shape index (κ1) is 14.6. The summed E-state index contributed by atoms with van der Waals surface area (Å²) in [5, 5.41) is 4.24. The number of aromatic nitrogens is 4. The van der Waals surface area contributed by atoms with Crippen molar-refractivity contribution in [2.24, 2.45) is 0 Å². The summed E-state index contributed by atoms with van der Waals surface area (Å²) in [7, 11) is 0. The Labute approximate surface area is 146 Å².